The summed E-state index contributed by atoms with van der Waals surface area (Å²) < 4.78 is 5.89. The predicted molar refractivity (Wildman–Crippen MR) is 146 cm³/mol. The molecule has 0 aliphatic carbocycles. The van der Waals surface area contributed by atoms with E-state index in [0.717, 1.165) is 48.3 Å². The summed E-state index contributed by atoms with van der Waals surface area (Å²) in [5.74, 6) is 0.918. The van der Waals surface area contributed by atoms with E-state index >= 15 is 0 Å². The van der Waals surface area contributed by atoms with E-state index in [-0.39, 0.29) is 11.9 Å². The molecule has 0 saturated heterocycles. The van der Waals surface area contributed by atoms with Gasteiger partial charge in [0.15, 0.2) is 0 Å². The average Bonchev–Trinajstić information content (AvgIpc) is 3.38. The number of ether oxygens (including phenoxy) is 1. The number of aromatic nitrogens is 4. The van der Waals surface area contributed by atoms with Gasteiger partial charge in [-0.15, -0.1) is 0 Å². The topological polar surface area (TPSA) is 96.0 Å². The molecule has 8 nitrogen and oxygen atoms in total. The molecular weight excluding hydrogens is 452 g/mol. The fraction of sp³-hybridized carbons (Fsp3) is 0.357. The molecule has 2 N–H and O–H groups in total. The van der Waals surface area contributed by atoms with Gasteiger partial charge in [-0.25, -0.2) is 0 Å². The second-order valence-corrected chi connectivity index (χ2v) is 8.03. The minimum absolute atomic E-state index is 0.232. The van der Waals surface area contributed by atoms with Crippen molar-refractivity contribution >= 4 is 28.4 Å². The lowest BCUT2D eigenvalue weighted by atomic mass is 10.1. The van der Waals surface area contributed by atoms with Crippen molar-refractivity contribution in [2.45, 2.75) is 47.0 Å². The number of hydrogen-bond acceptors (Lipinski definition) is 6. The number of H-pyrrole nitrogens is 1. The summed E-state index contributed by atoms with van der Waals surface area (Å²) in [6.07, 6.45) is 6.23. The summed E-state index contributed by atoms with van der Waals surface area (Å²) in [5, 5.41) is 3.90. The molecule has 0 saturated carbocycles. The number of hydrogen-bond donors (Lipinski definition) is 2. The van der Waals surface area contributed by atoms with E-state index in [1.54, 1.807) is 12.3 Å². The number of fused-ring (bicyclic) bond motifs is 1. The molecule has 3 aromatic heterocycles. The molecule has 36 heavy (non-hydrogen) atoms. The van der Waals surface area contributed by atoms with Gasteiger partial charge in [-0.1, -0.05) is 33.8 Å². The second kappa shape index (κ2) is 13.8. The van der Waals surface area contributed by atoms with Gasteiger partial charge < -0.3 is 19.9 Å². The van der Waals surface area contributed by atoms with Crippen LogP contribution in [0.2, 0.25) is 0 Å². The smallest absolute Gasteiger partial charge is 0.320 e. The van der Waals surface area contributed by atoms with Gasteiger partial charge in [0, 0.05) is 60.1 Å². The molecule has 1 aromatic carbocycles. The third-order valence-corrected chi connectivity index (χ3v) is 5.38. The van der Waals surface area contributed by atoms with Crippen LogP contribution in [-0.2, 0) is 6.42 Å². The van der Waals surface area contributed by atoms with Crippen LogP contribution >= 0.6 is 0 Å². The molecule has 4 rings (SSSR count). The quantitative estimate of drug-likeness (QED) is 0.274. The third-order valence-electron chi connectivity index (χ3n) is 5.38. The Morgan fingerprint density at radius 2 is 1.83 bits per heavy atom. The highest BCUT2D eigenvalue weighted by atomic mass is 16.5. The van der Waals surface area contributed by atoms with Crippen molar-refractivity contribution in [3.05, 3.63) is 72.2 Å². The summed E-state index contributed by atoms with van der Waals surface area (Å²) in [5.41, 5.74) is 2.48. The Labute approximate surface area is 213 Å². The van der Waals surface area contributed by atoms with Crippen molar-refractivity contribution in [2.24, 2.45) is 0 Å². The lowest BCUT2D eigenvalue weighted by Crippen LogP contribution is -2.26. The largest absolute Gasteiger partial charge is 0.463 e. The van der Waals surface area contributed by atoms with Gasteiger partial charge in [-0.05, 0) is 49.2 Å². The fourth-order valence-corrected chi connectivity index (χ4v) is 3.76. The van der Waals surface area contributed by atoms with Crippen LogP contribution in [-0.4, -0.2) is 45.5 Å². The zero-order valence-corrected chi connectivity index (χ0v) is 21.6. The number of pyridine rings is 1. The van der Waals surface area contributed by atoms with Gasteiger partial charge in [0.05, 0.1) is 6.61 Å². The zero-order chi connectivity index (χ0) is 25.8. The molecule has 190 valence electrons. The maximum Gasteiger partial charge on any atom is 0.320 e. The first-order chi connectivity index (χ1) is 17.7. The molecule has 0 atom stereocenters. The molecule has 0 fully saturated rings. The van der Waals surface area contributed by atoms with E-state index in [1.807, 2.05) is 62.5 Å². The highest BCUT2D eigenvalue weighted by Gasteiger charge is 2.15. The van der Waals surface area contributed by atoms with E-state index in [2.05, 4.69) is 44.0 Å². The summed E-state index contributed by atoms with van der Waals surface area (Å²) in [4.78, 5) is 31.7. The molecule has 0 unspecified atom stereocenters. The lowest BCUT2D eigenvalue weighted by Gasteiger charge is -2.23. The second-order valence-electron chi connectivity index (χ2n) is 8.03. The molecule has 4 aromatic rings. The number of nitrogens with zero attached hydrogens (tertiary/aromatic N) is 4. The number of rotatable bonds is 11. The van der Waals surface area contributed by atoms with Crippen molar-refractivity contribution in [1.82, 2.24) is 19.9 Å². The third kappa shape index (κ3) is 7.28. The maximum atomic E-state index is 13.0. The Balaban J connectivity index is 0.00000176. The highest BCUT2D eigenvalue weighted by Crippen LogP contribution is 2.22. The first-order valence-electron chi connectivity index (χ1n) is 12.7. The SMILES string of the molecule is CC.CCCN(CCC)c1cc(NC(=O)c2ccc3[nH]ccc3c2)nc(OCCc2ccccn2)n1. The maximum absolute atomic E-state index is 13.0. The first-order valence-corrected chi connectivity index (χ1v) is 12.7. The van der Waals surface area contributed by atoms with Crippen LogP contribution in [0.1, 0.15) is 56.6 Å². The van der Waals surface area contributed by atoms with Gasteiger partial charge in [0.25, 0.3) is 5.91 Å². The van der Waals surface area contributed by atoms with E-state index in [9.17, 15) is 4.79 Å². The Kier molecular flexibility index (Phi) is 10.2. The van der Waals surface area contributed by atoms with E-state index < -0.39 is 0 Å². The van der Waals surface area contributed by atoms with Crippen LogP contribution in [0, 0.1) is 0 Å². The molecular formula is C28H36N6O2. The summed E-state index contributed by atoms with van der Waals surface area (Å²) in [6.45, 7) is 10.4. The summed E-state index contributed by atoms with van der Waals surface area (Å²) in [7, 11) is 0. The normalized spacial score (nSPS) is 10.4. The van der Waals surface area contributed by atoms with Gasteiger partial charge in [0.2, 0.25) is 0 Å². The minimum Gasteiger partial charge on any atom is -0.463 e. The van der Waals surface area contributed by atoms with E-state index in [4.69, 9.17) is 4.74 Å². The Morgan fingerprint density at radius 3 is 2.56 bits per heavy atom. The van der Waals surface area contributed by atoms with E-state index in [0.29, 0.717) is 24.4 Å². The van der Waals surface area contributed by atoms with Crippen LogP contribution in [0.25, 0.3) is 10.9 Å². The summed E-state index contributed by atoms with van der Waals surface area (Å²) in [6, 6.07) is 15.3. The zero-order valence-electron chi connectivity index (χ0n) is 21.6. The van der Waals surface area contributed by atoms with Crippen LogP contribution in [0.3, 0.4) is 0 Å². The van der Waals surface area contributed by atoms with Gasteiger partial charge in [0.1, 0.15) is 11.6 Å². The Bertz CT molecular complexity index is 1220. The number of carbonyl (C=O) groups is 1. The van der Waals surface area contributed by atoms with Crippen molar-refractivity contribution < 1.29 is 9.53 Å². The molecule has 3 heterocycles. The molecule has 0 aliphatic rings. The fourth-order valence-electron chi connectivity index (χ4n) is 3.76. The number of amides is 1. The van der Waals surface area contributed by atoms with Crippen molar-refractivity contribution in [3.8, 4) is 6.01 Å². The molecule has 1 amide bonds. The molecule has 0 aliphatic heterocycles. The van der Waals surface area contributed by atoms with Crippen molar-refractivity contribution in [2.75, 3.05) is 29.9 Å². The van der Waals surface area contributed by atoms with Crippen LogP contribution in [0.4, 0.5) is 11.6 Å². The van der Waals surface area contributed by atoms with Crippen LogP contribution in [0.15, 0.2) is 60.9 Å². The predicted octanol–water partition coefficient (Wildman–Crippen LogP) is 5.88. The number of anilines is 2. The first kappa shape index (κ1) is 26.7. The van der Waals surface area contributed by atoms with Crippen LogP contribution < -0.4 is 15.0 Å². The standard InChI is InChI=1S/C26H30N6O2.C2H6/c1-3-14-32(15-4-2)24-18-23(29-25(33)20-8-9-22-19(17-20)10-13-28-22)30-26(31-24)34-16-11-21-7-5-6-12-27-21;1-2/h5-10,12-13,17-18,28H,3-4,11,14-16H2,1-2H3,(H,29,30,31,33);1-2H3. The number of nitrogens with one attached hydrogen (secondary N) is 2. The van der Waals surface area contributed by atoms with E-state index in [1.165, 1.54) is 0 Å². The minimum atomic E-state index is -0.232. The van der Waals surface area contributed by atoms with Crippen molar-refractivity contribution in [3.63, 3.8) is 0 Å². The summed E-state index contributed by atoms with van der Waals surface area (Å²) >= 11 is 0. The van der Waals surface area contributed by atoms with Gasteiger partial charge >= 0.3 is 6.01 Å². The Hall–Kier alpha value is -3.94. The van der Waals surface area contributed by atoms with Gasteiger partial charge in [-0.3, -0.25) is 9.78 Å². The van der Waals surface area contributed by atoms with Gasteiger partial charge in [-0.2, -0.15) is 9.97 Å². The number of carbonyl (C=O) groups excluding carboxylic acids is 1. The molecule has 8 heteroatoms. The number of aromatic amines is 1. The van der Waals surface area contributed by atoms with Crippen LogP contribution in [0.5, 0.6) is 6.01 Å². The lowest BCUT2D eigenvalue weighted by molar-refractivity contribution is 0.102. The molecule has 0 spiro atoms. The highest BCUT2D eigenvalue weighted by molar-refractivity contribution is 6.05. The average molecular weight is 489 g/mol. The monoisotopic (exact) mass is 488 g/mol. The van der Waals surface area contributed by atoms with Crippen molar-refractivity contribution in [1.29, 1.82) is 0 Å². The molecule has 0 radical (unpaired) electrons. The molecule has 0 bridgehead atoms. The number of benzene rings is 1. The Morgan fingerprint density at radius 1 is 1.03 bits per heavy atom.